The van der Waals surface area contributed by atoms with E-state index in [0.29, 0.717) is 6.42 Å². The lowest BCUT2D eigenvalue weighted by Gasteiger charge is -2.17. The summed E-state index contributed by atoms with van der Waals surface area (Å²) in [7, 11) is 1.67. The molecule has 154 valence electrons. The quantitative estimate of drug-likeness (QED) is 0.534. The average Bonchev–Trinajstić information content (AvgIpc) is 3.53. The Bertz CT molecular complexity index is 1170. The molecule has 1 saturated carbocycles. The maximum absolute atomic E-state index is 9.74. The first-order valence-electron chi connectivity index (χ1n) is 10.4. The summed E-state index contributed by atoms with van der Waals surface area (Å²) in [4.78, 5) is 9.55. The maximum Gasteiger partial charge on any atom is 0.152 e. The molecule has 0 saturated heterocycles. The van der Waals surface area contributed by atoms with E-state index < -0.39 is 0 Å². The van der Waals surface area contributed by atoms with Crippen LogP contribution in [0.25, 0.3) is 11.2 Å². The zero-order valence-electron chi connectivity index (χ0n) is 17.0. The van der Waals surface area contributed by atoms with Gasteiger partial charge in [-0.2, -0.15) is 5.10 Å². The van der Waals surface area contributed by atoms with Crippen LogP contribution in [0.15, 0.2) is 55.1 Å². The number of benzene rings is 1. The van der Waals surface area contributed by atoms with E-state index in [4.69, 9.17) is 14.8 Å². The van der Waals surface area contributed by atoms with Gasteiger partial charge in [-0.05, 0) is 43.0 Å². The summed E-state index contributed by atoms with van der Waals surface area (Å²) in [6.45, 7) is 0.192. The van der Waals surface area contributed by atoms with E-state index in [1.165, 1.54) is 0 Å². The SMILES string of the molecule is COc1cccc(-n2cnc(Cc3nc(C4CCC[C@H]4CO)nn4cccc34)c2)c1. The van der Waals surface area contributed by atoms with Gasteiger partial charge in [0.05, 0.1) is 36.0 Å². The van der Waals surface area contributed by atoms with Crippen molar-refractivity contribution in [3.8, 4) is 11.4 Å². The minimum atomic E-state index is 0.192. The van der Waals surface area contributed by atoms with Crippen molar-refractivity contribution in [3.63, 3.8) is 0 Å². The monoisotopic (exact) mass is 403 g/mol. The molecule has 30 heavy (non-hydrogen) atoms. The van der Waals surface area contributed by atoms with Crippen molar-refractivity contribution in [1.29, 1.82) is 0 Å². The van der Waals surface area contributed by atoms with Gasteiger partial charge in [-0.1, -0.05) is 12.5 Å². The van der Waals surface area contributed by atoms with Crippen LogP contribution in [0.5, 0.6) is 5.75 Å². The third kappa shape index (κ3) is 3.45. The summed E-state index contributed by atoms with van der Waals surface area (Å²) in [6.07, 6.45) is 9.61. The number of hydrogen-bond acceptors (Lipinski definition) is 5. The Morgan fingerprint density at radius 3 is 3.00 bits per heavy atom. The first-order valence-corrected chi connectivity index (χ1v) is 10.4. The number of ether oxygens (including phenoxy) is 1. The van der Waals surface area contributed by atoms with E-state index >= 15 is 0 Å². The van der Waals surface area contributed by atoms with Crippen molar-refractivity contribution < 1.29 is 9.84 Å². The third-order valence-electron chi connectivity index (χ3n) is 6.04. The molecule has 0 amide bonds. The van der Waals surface area contributed by atoms with Gasteiger partial charge in [-0.15, -0.1) is 0 Å². The Morgan fingerprint density at radius 2 is 2.13 bits per heavy atom. The van der Waals surface area contributed by atoms with Crippen LogP contribution < -0.4 is 4.74 Å². The number of aliphatic hydroxyl groups excluding tert-OH is 1. The predicted molar refractivity (Wildman–Crippen MR) is 113 cm³/mol. The van der Waals surface area contributed by atoms with Crippen LogP contribution in [0, 0.1) is 5.92 Å². The minimum absolute atomic E-state index is 0.192. The minimum Gasteiger partial charge on any atom is -0.497 e. The zero-order valence-corrected chi connectivity index (χ0v) is 17.0. The molecule has 7 nitrogen and oxygen atoms in total. The average molecular weight is 403 g/mol. The van der Waals surface area contributed by atoms with Crippen LogP contribution in [0.2, 0.25) is 0 Å². The molecule has 2 atom stereocenters. The van der Waals surface area contributed by atoms with Crippen LogP contribution in [0.3, 0.4) is 0 Å². The van der Waals surface area contributed by atoms with Crippen LogP contribution in [0.1, 0.15) is 42.4 Å². The van der Waals surface area contributed by atoms with Gasteiger partial charge in [-0.3, -0.25) is 0 Å². The molecule has 7 heteroatoms. The molecule has 1 aromatic carbocycles. The third-order valence-corrected chi connectivity index (χ3v) is 6.04. The van der Waals surface area contributed by atoms with Crippen molar-refractivity contribution in [2.75, 3.05) is 13.7 Å². The summed E-state index contributed by atoms with van der Waals surface area (Å²) >= 11 is 0. The lowest BCUT2D eigenvalue weighted by molar-refractivity contribution is 0.214. The molecule has 1 N–H and O–H groups in total. The zero-order chi connectivity index (χ0) is 20.5. The number of aromatic nitrogens is 5. The van der Waals surface area contributed by atoms with Gasteiger partial charge >= 0.3 is 0 Å². The fourth-order valence-electron chi connectivity index (χ4n) is 4.44. The highest BCUT2D eigenvalue weighted by Crippen LogP contribution is 2.38. The highest BCUT2D eigenvalue weighted by molar-refractivity contribution is 5.52. The molecule has 0 spiro atoms. The number of methoxy groups -OCH3 is 1. The number of rotatable bonds is 6. The number of imidazole rings is 1. The summed E-state index contributed by atoms with van der Waals surface area (Å²) in [5.41, 5.74) is 3.90. The molecule has 5 rings (SSSR count). The lowest BCUT2D eigenvalue weighted by atomic mass is 9.96. The van der Waals surface area contributed by atoms with E-state index in [1.54, 1.807) is 7.11 Å². The second kappa shape index (κ2) is 7.91. The Kier molecular flexibility index (Phi) is 4.96. The van der Waals surface area contributed by atoms with Gasteiger partial charge in [0.2, 0.25) is 0 Å². The number of hydrogen-bond donors (Lipinski definition) is 1. The molecule has 0 radical (unpaired) electrons. The van der Waals surface area contributed by atoms with Gasteiger partial charge in [0.25, 0.3) is 0 Å². The molecule has 1 aliphatic rings. The molecular weight excluding hydrogens is 378 g/mol. The molecule has 0 aliphatic heterocycles. The van der Waals surface area contributed by atoms with Crippen molar-refractivity contribution in [2.24, 2.45) is 5.92 Å². The number of fused-ring (bicyclic) bond motifs is 1. The molecule has 4 aromatic rings. The topological polar surface area (TPSA) is 77.5 Å². The highest BCUT2D eigenvalue weighted by atomic mass is 16.5. The van der Waals surface area contributed by atoms with Gasteiger partial charge in [0.1, 0.15) is 5.75 Å². The Hall–Kier alpha value is -3.19. The molecule has 3 aromatic heterocycles. The standard InChI is InChI=1S/C23H25N5O2/c1-30-19-7-3-6-18(12-19)27-13-17(24-15-27)11-21-22-9-4-10-28(22)26-23(25-21)20-8-2-5-16(20)14-29/h3-4,6-7,9-10,12-13,15-16,20,29H,2,5,8,11,14H2,1H3/t16-,20?/m0/s1. The predicted octanol–water partition coefficient (Wildman–Crippen LogP) is 3.39. The fourth-order valence-corrected chi connectivity index (χ4v) is 4.44. The summed E-state index contributed by atoms with van der Waals surface area (Å²) in [5.74, 6) is 2.11. The maximum atomic E-state index is 9.74. The summed E-state index contributed by atoms with van der Waals surface area (Å²) < 4.78 is 9.23. The largest absolute Gasteiger partial charge is 0.497 e. The van der Waals surface area contributed by atoms with Gasteiger partial charge in [0.15, 0.2) is 5.82 Å². The van der Waals surface area contributed by atoms with Gasteiger partial charge in [0, 0.05) is 37.4 Å². The number of aliphatic hydroxyl groups is 1. The molecule has 1 fully saturated rings. The van der Waals surface area contributed by atoms with Gasteiger partial charge < -0.3 is 14.4 Å². The summed E-state index contributed by atoms with van der Waals surface area (Å²) in [6, 6.07) is 11.9. The highest BCUT2D eigenvalue weighted by Gasteiger charge is 2.31. The fraction of sp³-hybridized carbons (Fsp3) is 0.348. The number of nitrogens with zero attached hydrogens (tertiary/aromatic N) is 5. The lowest BCUT2D eigenvalue weighted by Crippen LogP contribution is -2.16. The van der Waals surface area contributed by atoms with E-state index in [0.717, 1.165) is 53.4 Å². The van der Waals surface area contributed by atoms with E-state index in [-0.39, 0.29) is 18.4 Å². The van der Waals surface area contributed by atoms with Crippen LogP contribution in [-0.4, -0.2) is 43.0 Å². The second-order valence-electron chi connectivity index (χ2n) is 7.89. The Balaban J connectivity index is 1.47. The smallest absolute Gasteiger partial charge is 0.152 e. The normalized spacial score (nSPS) is 18.9. The van der Waals surface area contributed by atoms with Gasteiger partial charge in [-0.25, -0.2) is 14.5 Å². The van der Waals surface area contributed by atoms with Crippen molar-refractivity contribution in [1.82, 2.24) is 24.1 Å². The van der Waals surface area contributed by atoms with E-state index in [2.05, 4.69) is 4.98 Å². The molecule has 1 aliphatic carbocycles. The molecule has 1 unspecified atom stereocenters. The van der Waals surface area contributed by atoms with Crippen molar-refractivity contribution in [2.45, 2.75) is 31.6 Å². The van der Waals surface area contributed by atoms with E-state index in [1.807, 2.05) is 64.2 Å². The first-order chi connectivity index (χ1) is 14.7. The first kappa shape index (κ1) is 18.8. The Labute approximate surface area is 175 Å². The second-order valence-corrected chi connectivity index (χ2v) is 7.89. The Morgan fingerprint density at radius 1 is 1.20 bits per heavy atom. The summed E-state index contributed by atoms with van der Waals surface area (Å²) in [5, 5.41) is 14.5. The van der Waals surface area contributed by atoms with Crippen LogP contribution in [0.4, 0.5) is 0 Å². The molecular formula is C23H25N5O2. The van der Waals surface area contributed by atoms with Crippen LogP contribution >= 0.6 is 0 Å². The van der Waals surface area contributed by atoms with Crippen molar-refractivity contribution in [3.05, 3.63) is 72.3 Å². The van der Waals surface area contributed by atoms with Crippen LogP contribution in [-0.2, 0) is 6.42 Å². The van der Waals surface area contributed by atoms with E-state index in [9.17, 15) is 5.11 Å². The van der Waals surface area contributed by atoms with Crippen molar-refractivity contribution >= 4 is 5.52 Å². The molecule has 3 heterocycles. The molecule has 0 bridgehead atoms.